The van der Waals surface area contributed by atoms with Gasteiger partial charge in [0.2, 0.25) is 5.95 Å². The first kappa shape index (κ1) is 29.2. The van der Waals surface area contributed by atoms with Gasteiger partial charge in [-0.3, -0.25) is 14.2 Å². The zero-order chi connectivity index (χ0) is 29.2. The second kappa shape index (κ2) is 11.7. The van der Waals surface area contributed by atoms with Crippen LogP contribution in [0.15, 0.2) is 29.3 Å². The summed E-state index contributed by atoms with van der Waals surface area (Å²) in [6.45, 7) is 14.1. The molecule has 4 heterocycles. The van der Waals surface area contributed by atoms with E-state index in [2.05, 4.69) is 15.3 Å². The molecule has 0 aromatic carbocycles. The second-order valence-electron chi connectivity index (χ2n) is 11.5. The predicted octanol–water partition coefficient (Wildman–Crippen LogP) is 5.92. The molecule has 1 aliphatic rings. The number of aromatic nitrogens is 4. The molecule has 0 unspecified atom stereocenters. The maximum atomic E-state index is 13.4. The Morgan fingerprint density at radius 2 is 1.77 bits per heavy atom. The summed E-state index contributed by atoms with van der Waals surface area (Å²) in [5.74, 6) is 0.964. The summed E-state index contributed by atoms with van der Waals surface area (Å²) in [4.78, 5) is 53.6. The summed E-state index contributed by atoms with van der Waals surface area (Å²) >= 11 is 0. The molecule has 40 heavy (non-hydrogen) atoms. The molecule has 0 bridgehead atoms. The minimum atomic E-state index is -0.503. The van der Waals surface area contributed by atoms with Gasteiger partial charge in [-0.05, 0) is 83.4 Å². The molecule has 0 spiro atoms. The Morgan fingerprint density at radius 1 is 1.10 bits per heavy atom. The molecule has 214 valence electrons. The van der Waals surface area contributed by atoms with Crippen LogP contribution in [-0.2, 0) is 4.74 Å². The number of ketones is 1. The summed E-state index contributed by atoms with van der Waals surface area (Å²) < 4.78 is 7.15. The minimum Gasteiger partial charge on any atom is -0.444 e. The van der Waals surface area contributed by atoms with Gasteiger partial charge in [-0.1, -0.05) is 19.9 Å². The van der Waals surface area contributed by atoms with Crippen LogP contribution >= 0.6 is 0 Å². The number of piperidine rings is 1. The van der Waals surface area contributed by atoms with Crippen LogP contribution in [0.5, 0.6) is 0 Å². The van der Waals surface area contributed by atoms with Crippen LogP contribution in [0.3, 0.4) is 0 Å². The molecule has 0 radical (unpaired) electrons. The lowest BCUT2D eigenvalue weighted by molar-refractivity contribution is 0.0204. The van der Waals surface area contributed by atoms with Crippen molar-refractivity contribution in [2.75, 3.05) is 18.4 Å². The zero-order valence-electron chi connectivity index (χ0n) is 24.6. The van der Waals surface area contributed by atoms with Gasteiger partial charge in [0, 0.05) is 36.9 Å². The number of pyridine rings is 2. The number of carbonyl (C=O) groups excluding carboxylic acids is 2. The van der Waals surface area contributed by atoms with Crippen LogP contribution in [0.25, 0.3) is 11.0 Å². The van der Waals surface area contributed by atoms with E-state index in [1.807, 2.05) is 52.9 Å². The van der Waals surface area contributed by atoms with Crippen molar-refractivity contribution >= 4 is 34.7 Å². The third-order valence-corrected chi connectivity index (χ3v) is 7.51. The number of fused-ring (bicyclic) bond motifs is 1. The molecule has 0 aliphatic carbocycles. The number of hydrogen-bond donors (Lipinski definition) is 1. The summed E-state index contributed by atoms with van der Waals surface area (Å²) in [5.41, 5.74) is 1.60. The Morgan fingerprint density at radius 3 is 2.33 bits per heavy atom. The number of nitrogens with zero attached hydrogens (tertiary/aromatic N) is 5. The lowest BCUT2D eigenvalue weighted by atomic mass is 9.90. The largest absolute Gasteiger partial charge is 0.444 e. The Balaban J connectivity index is 1.53. The maximum Gasteiger partial charge on any atom is 0.410 e. The van der Waals surface area contributed by atoms with E-state index in [4.69, 9.17) is 9.72 Å². The number of carbonyl (C=O) groups is 2. The van der Waals surface area contributed by atoms with E-state index in [9.17, 15) is 14.4 Å². The molecule has 1 N–H and O–H groups in total. The Labute approximate surface area is 235 Å². The van der Waals surface area contributed by atoms with Crippen molar-refractivity contribution in [2.24, 2.45) is 0 Å². The van der Waals surface area contributed by atoms with Crippen molar-refractivity contribution in [1.29, 1.82) is 0 Å². The molecule has 3 aromatic heterocycles. The van der Waals surface area contributed by atoms with Gasteiger partial charge in [-0.2, -0.15) is 4.98 Å². The maximum absolute atomic E-state index is 13.4. The number of Topliss-reactive ketones (excluding diaryl/α,β-unsaturated/α-hetero) is 1. The van der Waals surface area contributed by atoms with Gasteiger partial charge in [0.25, 0.3) is 5.56 Å². The van der Waals surface area contributed by atoms with Crippen LogP contribution in [0, 0.1) is 6.92 Å². The van der Waals surface area contributed by atoms with E-state index in [0.29, 0.717) is 47.4 Å². The smallest absolute Gasteiger partial charge is 0.410 e. The fraction of sp³-hybridized carbons (Fsp3) is 0.533. The van der Waals surface area contributed by atoms with Crippen molar-refractivity contribution in [2.45, 2.75) is 91.7 Å². The van der Waals surface area contributed by atoms with E-state index in [1.54, 1.807) is 22.6 Å². The number of rotatable bonds is 7. The molecule has 1 saturated heterocycles. The molecule has 1 aliphatic heterocycles. The highest BCUT2D eigenvalue weighted by Crippen LogP contribution is 2.30. The van der Waals surface area contributed by atoms with E-state index < -0.39 is 5.60 Å². The molecule has 0 atom stereocenters. The van der Waals surface area contributed by atoms with Crippen molar-refractivity contribution in [3.8, 4) is 0 Å². The first-order valence-corrected chi connectivity index (χ1v) is 14.1. The van der Waals surface area contributed by atoms with Crippen LogP contribution in [0.2, 0.25) is 0 Å². The normalized spacial score (nSPS) is 14.6. The first-order chi connectivity index (χ1) is 18.9. The molecule has 10 nitrogen and oxygen atoms in total. The molecule has 3 aromatic rings. The number of likely N-dealkylation sites (tertiary alicyclic amines) is 1. The minimum absolute atomic E-state index is 0.0874. The summed E-state index contributed by atoms with van der Waals surface area (Å²) in [6, 6.07) is 3.84. The van der Waals surface area contributed by atoms with E-state index in [0.717, 1.165) is 31.2 Å². The predicted molar refractivity (Wildman–Crippen MR) is 155 cm³/mol. The average molecular weight is 549 g/mol. The quantitative estimate of drug-likeness (QED) is 0.362. The second-order valence-corrected chi connectivity index (χ2v) is 11.5. The molecular formula is C30H40N6O4. The monoisotopic (exact) mass is 548 g/mol. The van der Waals surface area contributed by atoms with E-state index in [-0.39, 0.29) is 29.0 Å². The zero-order valence-corrected chi connectivity index (χ0v) is 24.6. The van der Waals surface area contributed by atoms with Gasteiger partial charge in [0.1, 0.15) is 17.1 Å². The van der Waals surface area contributed by atoms with Crippen molar-refractivity contribution in [3.63, 3.8) is 0 Å². The van der Waals surface area contributed by atoms with Gasteiger partial charge in [0.15, 0.2) is 5.78 Å². The van der Waals surface area contributed by atoms with E-state index >= 15 is 0 Å². The van der Waals surface area contributed by atoms with Crippen molar-refractivity contribution in [1.82, 2.24) is 24.4 Å². The highest BCUT2D eigenvalue weighted by Gasteiger charge is 2.28. The van der Waals surface area contributed by atoms with Crippen molar-refractivity contribution < 1.29 is 14.3 Å². The number of nitrogens with one attached hydrogen (secondary N) is 1. The third kappa shape index (κ3) is 6.16. The fourth-order valence-corrected chi connectivity index (χ4v) is 5.36. The fourth-order valence-electron chi connectivity index (χ4n) is 5.36. The number of aryl methyl sites for hydroxylation is 1. The van der Waals surface area contributed by atoms with Gasteiger partial charge in [0.05, 0.1) is 5.56 Å². The van der Waals surface area contributed by atoms with Crippen molar-refractivity contribution in [3.05, 3.63) is 51.6 Å². The summed E-state index contributed by atoms with van der Waals surface area (Å²) in [6.07, 6.45) is 6.41. The van der Waals surface area contributed by atoms with Crippen LogP contribution in [0.1, 0.15) is 101 Å². The Kier molecular flexibility index (Phi) is 8.56. The molecule has 0 saturated carbocycles. The average Bonchev–Trinajstić information content (AvgIpc) is 2.90. The van der Waals surface area contributed by atoms with Gasteiger partial charge in [-0.15, -0.1) is 0 Å². The summed E-state index contributed by atoms with van der Waals surface area (Å²) in [7, 11) is 0. The van der Waals surface area contributed by atoms with Gasteiger partial charge >= 0.3 is 6.09 Å². The first-order valence-electron chi connectivity index (χ1n) is 14.1. The molecule has 10 heteroatoms. The van der Waals surface area contributed by atoms with Crippen LogP contribution < -0.4 is 10.9 Å². The molecule has 1 fully saturated rings. The SMILES string of the molecule is CCC(CC)n1c(=O)c(C(C)=O)c(C)c2cnc(Nc3ccc(C4CCN(C(=O)OC(C)(C)C)CC4)cn3)nc21. The number of anilines is 2. The molecule has 4 rings (SSSR count). The topological polar surface area (TPSA) is 119 Å². The number of amides is 1. The lowest BCUT2D eigenvalue weighted by Crippen LogP contribution is -2.41. The van der Waals surface area contributed by atoms with E-state index in [1.165, 1.54) is 6.92 Å². The van der Waals surface area contributed by atoms with Crippen LogP contribution in [0.4, 0.5) is 16.6 Å². The Bertz CT molecular complexity index is 1450. The van der Waals surface area contributed by atoms with Crippen LogP contribution in [-0.4, -0.2) is 55.0 Å². The standard InChI is InChI=1S/C30H40N6O4/c1-8-22(9-2)36-26-23(18(3)25(19(4)37)27(36)38)17-32-28(34-26)33-24-11-10-21(16-31-24)20-12-14-35(15-13-20)29(39)40-30(5,6)7/h10-11,16-17,20,22H,8-9,12-15H2,1-7H3,(H,31,32,33,34). The molecular weight excluding hydrogens is 508 g/mol. The third-order valence-electron chi connectivity index (χ3n) is 7.51. The summed E-state index contributed by atoms with van der Waals surface area (Å²) in [5, 5.41) is 3.85. The Hall–Kier alpha value is -3.82. The highest BCUT2D eigenvalue weighted by molar-refractivity contribution is 5.99. The number of ether oxygens (including phenoxy) is 1. The van der Waals surface area contributed by atoms with Gasteiger partial charge in [-0.25, -0.2) is 14.8 Å². The number of hydrogen-bond acceptors (Lipinski definition) is 8. The molecule has 1 amide bonds. The van der Waals surface area contributed by atoms with Gasteiger partial charge < -0.3 is 15.0 Å². The lowest BCUT2D eigenvalue weighted by Gasteiger charge is -2.33. The highest BCUT2D eigenvalue weighted by atomic mass is 16.6.